The molecular formula is C26H36BrF3N4. The third-order valence-electron chi connectivity index (χ3n) is 6.60. The van der Waals surface area contributed by atoms with Gasteiger partial charge in [-0.15, -0.1) is 0 Å². The van der Waals surface area contributed by atoms with Gasteiger partial charge < -0.3 is 9.80 Å². The second-order valence-electron chi connectivity index (χ2n) is 9.35. The van der Waals surface area contributed by atoms with Crippen molar-refractivity contribution in [3.05, 3.63) is 63.6 Å². The lowest BCUT2D eigenvalue weighted by Gasteiger charge is -2.39. The number of nitrogens with zero attached hydrogens (tertiary/aromatic N) is 4. The fraction of sp³-hybridized carbons (Fsp3) is 0.538. The summed E-state index contributed by atoms with van der Waals surface area (Å²) in [7, 11) is 5.92. The average molecular weight is 542 g/mol. The lowest BCUT2D eigenvalue weighted by molar-refractivity contribution is -0.138. The van der Waals surface area contributed by atoms with Crippen molar-refractivity contribution < 1.29 is 13.2 Å². The van der Waals surface area contributed by atoms with Crippen LogP contribution in [-0.2, 0) is 12.7 Å². The molecule has 0 saturated carbocycles. The summed E-state index contributed by atoms with van der Waals surface area (Å²) >= 11 is 3.49. The van der Waals surface area contributed by atoms with E-state index >= 15 is 0 Å². The number of halogens is 4. The minimum absolute atomic E-state index is 0.313. The molecule has 8 heteroatoms. The van der Waals surface area contributed by atoms with Gasteiger partial charge in [0, 0.05) is 69.1 Å². The fourth-order valence-electron chi connectivity index (χ4n) is 4.57. The molecule has 3 rings (SSSR count). The number of alkyl halides is 3. The van der Waals surface area contributed by atoms with Gasteiger partial charge in [0.2, 0.25) is 0 Å². The molecule has 0 aromatic heterocycles. The Balaban J connectivity index is 1.69. The average Bonchev–Trinajstić information content (AvgIpc) is 2.79. The summed E-state index contributed by atoms with van der Waals surface area (Å²) in [5, 5.41) is 0. The zero-order chi connectivity index (χ0) is 24.9. The van der Waals surface area contributed by atoms with E-state index in [1.165, 1.54) is 11.6 Å². The number of piperazine rings is 1. The van der Waals surface area contributed by atoms with Crippen LogP contribution in [0.15, 0.2) is 46.9 Å². The molecule has 1 aliphatic rings. The lowest BCUT2D eigenvalue weighted by Crippen LogP contribution is -2.47. The lowest BCUT2D eigenvalue weighted by atomic mass is 10.0. The molecule has 1 atom stereocenters. The van der Waals surface area contributed by atoms with Gasteiger partial charge in [-0.2, -0.15) is 13.2 Å². The Morgan fingerprint density at radius 2 is 1.59 bits per heavy atom. The smallest absolute Gasteiger partial charge is 0.373 e. The number of hydrogen-bond acceptors (Lipinski definition) is 4. The van der Waals surface area contributed by atoms with Crippen molar-refractivity contribution in [3.63, 3.8) is 0 Å². The molecule has 0 spiro atoms. The highest BCUT2D eigenvalue weighted by Crippen LogP contribution is 2.35. The van der Waals surface area contributed by atoms with Crippen LogP contribution in [0.2, 0.25) is 0 Å². The summed E-state index contributed by atoms with van der Waals surface area (Å²) in [6.07, 6.45) is -3.35. The van der Waals surface area contributed by atoms with Crippen molar-refractivity contribution in [1.82, 2.24) is 14.7 Å². The normalized spacial score (nSPS) is 16.7. The van der Waals surface area contributed by atoms with Gasteiger partial charge in [-0.05, 0) is 62.0 Å². The first-order valence-electron chi connectivity index (χ1n) is 11.9. The molecule has 1 heterocycles. The predicted molar refractivity (Wildman–Crippen MR) is 137 cm³/mol. The van der Waals surface area contributed by atoms with Crippen molar-refractivity contribution >= 4 is 21.6 Å². The highest BCUT2D eigenvalue weighted by Gasteiger charge is 2.34. The van der Waals surface area contributed by atoms with E-state index in [0.717, 1.165) is 55.8 Å². The Morgan fingerprint density at radius 1 is 0.941 bits per heavy atom. The minimum atomic E-state index is -4.35. The van der Waals surface area contributed by atoms with Crippen molar-refractivity contribution in [2.45, 2.75) is 32.1 Å². The van der Waals surface area contributed by atoms with Crippen molar-refractivity contribution in [1.29, 1.82) is 0 Å². The first-order valence-corrected chi connectivity index (χ1v) is 12.7. The summed E-state index contributed by atoms with van der Waals surface area (Å²) in [6.45, 7) is 7.30. The van der Waals surface area contributed by atoms with Crippen LogP contribution in [0.1, 0.15) is 36.1 Å². The van der Waals surface area contributed by atoms with Gasteiger partial charge in [0.25, 0.3) is 0 Å². The van der Waals surface area contributed by atoms with Crippen molar-refractivity contribution in [3.8, 4) is 0 Å². The zero-order valence-electron chi connectivity index (χ0n) is 20.6. The van der Waals surface area contributed by atoms with Gasteiger partial charge in [-0.1, -0.05) is 35.0 Å². The molecule has 0 amide bonds. The molecule has 1 aliphatic heterocycles. The van der Waals surface area contributed by atoms with Gasteiger partial charge in [-0.3, -0.25) is 9.80 Å². The molecule has 1 saturated heterocycles. The van der Waals surface area contributed by atoms with E-state index in [2.05, 4.69) is 61.8 Å². The standard InChI is InChI=1S/C26H36BrF3N4/c1-5-25(20-6-8-22(27)9-7-20)34-16-14-33(15-17-34)19-21-18-23(32(4)13-12-31(2)3)10-11-24(21)26(28,29)30/h6-11,18,25H,5,12-17,19H2,1-4H3. The molecule has 4 nitrogen and oxygen atoms in total. The maximum atomic E-state index is 13.8. The van der Waals surface area contributed by atoms with Gasteiger partial charge in [0.15, 0.2) is 0 Å². The van der Waals surface area contributed by atoms with Crippen LogP contribution in [0.25, 0.3) is 0 Å². The van der Waals surface area contributed by atoms with Crippen LogP contribution in [-0.4, -0.2) is 75.1 Å². The third kappa shape index (κ3) is 7.20. The molecule has 1 unspecified atom stereocenters. The number of hydrogen-bond donors (Lipinski definition) is 0. The Hall–Kier alpha value is -1.61. The number of likely N-dealkylation sites (N-methyl/N-ethyl adjacent to an activating group) is 2. The summed E-state index contributed by atoms with van der Waals surface area (Å²) in [5.41, 5.74) is 1.94. The topological polar surface area (TPSA) is 13.0 Å². The van der Waals surface area contributed by atoms with Crippen LogP contribution in [0, 0.1) is 0 Å². The van der Waals surface area contributed by atoms with Gasteiger partial charge >= 0.3 is 6.18 Å². The first kappa shape index (κ1) is 27.0. The zero-order valence-corrected chi connectivity index (χ0v) is 22.2. The van der Waals surface area contributed by atoms with E-state index in [0.29, 0.717) is 18.2 Å². The van der Waals surface area contributed by atoms with E-state index in [4.69, 9.17) is 0 Å². The largest absolute Gasteiger partial charge is 0.416 e. The fourth-order valence-corrected chi connectivity index (χ4v) is 4.83. The molecule has 188 valence electrons. The molecule has 2 aromatic rings. The Bertz CT molecular complexity index is 909. The molecular weight excluding hydrogens is 505 g/mol. The summed E-state index contributed by atoms with van der Waals surface area (Å²) in [6, 6.07) is 13.3. The number of benzene rings is 2. The molecule has 0 radical (unpaired) electrons. The molecule has 2 aromatic carbocycles. The van der Waals surface area contributed by atoms with Crippen LogP contribution in [0.3, 0.4) is 0 Å². The molecule has 34 heavy (non-hydrogen) atoms. The molecule has 0 bridgehead atoms. The third-order valence-corrected chi connectivity index (χ3v) is 7.13. The quantitative estimate of drug-likeness (QED) is 0.402. The molecule has 0 aliphatic carbocycles. The molecule has 1 fully saturated rings. The van der Waals surface area contributed by atoms with E-state index in [1.54, 1.807) is 12.1 Å². The number of anilines is 1. The second-order valence-corrected chi connectivity index (χ2v) is 10.3. The van der Waals surface area contributed by atoms with E-state index in [9.17, 15) is 13.2 Å². The van der Waals surface area contributed by atoms with Crippen LogP contribution >= 0.6 is 15.9 Å². The van der Waals surface area contributed by atoms with Crippen LogP contribution in [0.5, 0.6) is 0 Å². The maximum absolute atomic E-state index is 13.8. The minimum Gasteiger partial charge on any atom is -0.373 e. The van der Waals surface area contributed by atoms with E-state index in [-0.39, 0.29) is 0 Å². The van der Waals surface area contributed by atoms with Gasteiger partial charge in [0.1, 0.15) is 0 Å². The Morgan fingerprint density at radius 3 is 2.15 bits per heavy atom. The Kier molecular flexibility index (Phi) is 9.43. The van der Waals surface area contributed by atoms with E-state index in [1.807, 2.05) is 26.0 Å². The van der Waals surface area contributed by atoms with Crippen molar-refractivity contribution in [2.24, 2.45) is 0 Å². The van der Waals surface area contributed by atoms with Crippen LogP contribution < -0.4 is 4.90 Å². The number of rotatable bonds is 9. The van der Waals surface area contributed by atoms with Gasteiger partial charge in [-0.25, -0.2) is 0 Å². The van der Waals surface area contributed by atoms with E-state index < -0.39 is 11.7 Å². The SMILES string of the molecule is CCC(c1ccc(Br)cc1)N1CCN(Cc2cc(N(C)CCN(C)C)ccc2C(F)(F)F)CC1. The summed E-state index contributed by atoms with van der Waals surface area (Å²) < 4.78 is 42.4. The Labute approximate surface area is 210 Å². The monoisotopic (exact) mass is 540 g/mol. The van der Waals surface area contributed by atoms with Crippen LogP contribution in [0.4, 0.5) is 18.9 Å². The predicted octanol–water partition coefficient (Wildman–Crippen LogP) is 5.73. The van der Waals surface area contributed by atoms with Gasteiger partial charge in [0.05, 0.1) is 5.56 Å². The summed E-state index contributed by atoms with van der Waals surface area (Å²) in [5.74, 6) is 0. The second kappa shape index (κ2) is 11.9. The summed E-state index contributed by atoms with van der Waals surface area (Å²) in [4.78, 5) is 8.69. The first-order chi connectivity index (χ1) is 16.1. The highest BCUT2D eigenvalue weighted by molar-refractivity contribution is 9.10. The van der Waals surface area contributed by atoms with Crippen molar-refractivity contribution in [2.75, 3.05) is 65.3 Å². The maximum Gasteiger partial charge on any atom is 0.416 e. The molecule has 0 N–H and O–H groups in total. The highest BCUT2D eigenvalue weighted by atomic mass is 79.9.